The van der Waals surface area contributed by atoms with Crippen LogP contribution < -0.4 is 20.1 Å². The number of imide groups is 1. The number of ether oxygens (including phenoxy) is 3. The molecule has 1 rings (SSSR count). The van der Waals surface area contributed by atoms with Gasteiger partial charge in [0.25, 0.3) is 5.91 Å². The number of carbonyl (C=O) groups excluding carboxylic acids is 3. The number of rotatable bonds is 6. The van der Waals surface area contributed by atoms with Crippen molar-refractivity contribution in [3.63, 3.8) is 0 Å². The lowest BCUT2D eigenvalue weighted by molar-refractivity contribution is -0.123. The summed E-state index contributed by atoms with van der Waals surface area (Å²) in [5.74, 6) is -0.637. The first-order valence-electron chi connectivity index (χ1n) is 6.86. The lowest BCUT2D eigenvalue weighted by Gasteiger charge is -2.10. The first-order valence-corrected chi connectivity index (χ1v) is 6.86. The van der Waals surface area contributed by atoms with Gasteiger partial charge >= 0.3 is 12.0 Å². The number of amides is 3. The van der Waals surface area contributed by atoms with E-state index in [4.69, 9.17) is 14.2 Å². The minimum atomic E-state index is -0.735. The Morgan fingerprint density at radius 3 is 2.09 bits per heavy atom. The number of benzene rings is 1. The van der Waals surface area contributed by atoms with Gasteiger partial charge in [-0.25, -0.2) is 9.59 Å². The van der Waals surface area contributed by atoms with Gasteiger partial charge in [0, 0.05) is 12.1 Å². The Morgan fingerprint density at radius 2 is 1.61 bits per heavy atom. The summed E-state index contributed by atoms with van der Waals surface area (Å²) < 4.78 is 14.9. The highest BCUT2D eigenvalue weighted by molar-refractivity contribution is 5.97. The molecular formula is C15H20N2O6. The number of urea groups is 1. The third-order valence-corrected chi connectivity index (χ3v) is 2.59. The van der Waals surface area contributed by atoms with Crippen molar-refractivity contribution in [3.05, 3.63) is 23.8 Å². The summed E-state index contributed by atoms with van der Waals surface area (Å²) >= 11 is 0. The molecule has 1 aromatic rings. The van der Waals surface area contributed by atoms with Gasteiger partial charge < -0.3 is 19.5 Å². The molecule has 0 fully saturated rings. The number of hydrogen-bond acceptors (Lipinski definition) is 6. The number of nitrogens with one attached hydrogen (secondary N) is 2. The van der Waals surface area contributed by atoms with Crippen LogP contribution in [0.2, 0.25) is 0 Å². The summed E-state index contributed by atoms with van der Waals surface area (Å²) in [6, 6.07) is 3.74. The molecular weight excluding hydrogens is 304 g/mol. The number of methoxy groups -OCH3 is 2. The molecule has 0 saturated carbocycles. The van der Waals surface area contributed by atoms with Crippen LogP contribution in [0.1, 0.15) is 24.2 Å². The van der Waals surface area contributed by atoms with E-state index in [9.17, 15) is 14.4 Å². The minimum absolute atomic E-state index is 0.116. The highest BCUT2D eigenvalue weighted by Gasteiger charge is 2.14. The maximum absolute atomic E-state index is 11.9. The molecule has 0 aliphatic carbocycles. The van der Waals surface area contributed by atoms with Gasteiger partial charge in [0.2, 0.25) is 0 Å². The highest BCUT2D eigenvalue weighted by atomic mass is 16.5. The zero-order valence-electron chi connectivity index (χ0n) is 13.5. The van der Waals surface area contributed by atoms with E-state index in [2.05, 4.69) is 5.32 Å². The fourth-order valence-electron chi connectivity index (χ4n) is 1.60. The van der Waals surface area contributed by atoms with Crippen LogP contribution >= 0.6 is 0 Å². The van der Waals surface area contributed by atoms with Gasteiger partial charge in [-0.2, -0.15) is 0 Å². The third-order valence-electron chi connectivity index (χ3n) is 2.59. The van der Waals surface area contributed by atoms with E-state index in [-0.39, 0.29) is 11.6 Å². The Bertz CT molecular complexity index is 563. The van der Waals surface area contributed by atoms with E-state index < -0.39 is 24.5 Å². The van der Waals surface area contributed by atoms with E-state index in [1.807, 2.05) is 5.32 Å². The number of hydrogen-bond donors (Lipinski definition) is 2. The van der Waals surface area contributed by atoms with E-state index in [0.29, 0.717) is 11.5 Å². The molecule has 0 saturated heterocycles. The quantitative estimate of drug-likeness (QED) is 0.760. The molecule has 0 aliphatic rings. The van der Waals surface area contributed by atoms with Gasteiger partial charge in [-0.1, -0.05) is 0 Å². The topological polar surface area (TPSA) is 103 Å². The zero-order chi connectivity index (χ0) is 17.4. The van der Waals surface area contributed by atoms with Crippen molar-refractivity contribution in [1.82, 2.24) is 10.6 Å². The number of carbonyl (C=O) groups is 3. The Balaban J connectivity index is 2.59. The van der Waals surface area contributed by atoms with Crippen molar-refractivity contribution in [2.24, 2.45) is 0 Å². The summed E-state index contributed by atoms with van der Waals surface area (Å²) in [7, 11) is 2.90. The average molecular weight is 324 g/mol. The van der Waals surface area contributed by atoms with Crippen LogP contribution in [0.5, 0.6) is 11.5 Å². The van der Waals surface area contributed by atoms with E-state index in [1.165, 1.54) is 26.4 Å². The standard InChI is InChI=1S/C15H20N2O6/c1-9(2)16-15(20)17-13(18)8-23-14(19)10-5-11(21-3)7-12(6-10)22-4/h5-7,9H,8H2,1-4H3,(H2,16,17,18,20). The van der Waals surface area contributed by atoms with Crippen LogP contribution in [0.25, 0.3) is 0 Å². The molecule has 0 radical (unpaired) electrons. The van der Waals surface area contributed by atoms with Gasteiger partial charge in [-0.05, 0) is 26.0 Å². The molecule has 8 nitrogen and oxygen atoms in total. The maximum atomic E-state index is 11.9. The zero-order valence-corrected chi connectivity index (χ0v) is 13.5. The Labute approximate surface area is 134 Å². The molecule has 0 spiro atoms. The maximum Gasteiger partial charge on any atom is 0.338 e. The fraction of sp³-hybridized carbons (Fsp3) is 0.400. The molecule has 2 N–H and O–H groups in total. The highest BCUT2D eigenvalue weighted by Crippen LogP contribution is 2.22. The molecule has 3 amide bonds. The van der Waals surface area contributed by atoms with Crippen molar-refractivity contribution in [1.29, 1.82) is 0 Å². The smallest absolute Gasteiger partial charge is 0.338 e. The van der Waals surface area contributed by atoms with Gasteiger partial charge in [0.1, 0.15) is 11.5 Å². The van der Waals surface area contributed by atoms with Crippen molar-refractivity contribution < 1.29 is 28.6 Å². The Kier molecular flexibility index (Phi) is 6.85. The second-order valence-electron chi connectivity index (χ2n) is 4.85. The monoisotopic (exact) mass is 324 g/mol. The van der Waals surface area contributed by atoms with Gasteiger partial charge in [0.05, 0.1) is 19.8 Å². The second-order valence-corrected chi connectivity index (χ2v) is 4.85. The molecule has 1 aromatic carbocycles. The largest absolute Gasteiger partial charge is 0.497 e. The predicted octanol–water partition coefficient (Wildman–Crippen LogP) is 1.09. The van der Waals surface area contributed by atoms with E-state index in [0.717, 1.165) is 0 Å². The van der Waals surface area contributed by atoms with Gasteiger partial charge in [-0.15, -0.1) is 0 Å². The van der Waals surface area contributed by atoms with Crippen LogP contribution in [0.15, 0.2) is 18.2 Å². The van der Waals surface area contributed by atoms with Crippen molar-refractivity contribution >= 4 is 17.9 Å². The third kappa shape index (κ3) is 6.25. The molecule has 0 aliphatic heterocycles. The molecule has 0 heterocycles. The average Bonchev–Trinajstić information content (AvgIpc) is 2.50. The summed E-state index contributed by atoms with van der Waals surface area (Å²) in [4.78, 5) is 34.8. The summed E-state index contributed by atoms with van der Waals surface area (Å²) in [5, 5.41) is 4.53. The number of esters is 1. The molecule has 0 aromatic heterocycles. The fourth-order valence-corrected chi connectivity index (χ4v) is 1.60. The van der Waals surface area contributed by atoms with Crippen molar-refractivity contribution in [2.45, 2.75) is 19.9 Å². The normalized spacial score (nSPS) is 9.96. The van der Waals surface area contributed by atoms with E-state index >= 15 is 0 Å². The first kappa shape index (κ1) is 18.3. The Morgan fingerprint density at radius 1 is 1.04 bits per heavy atom. The van der Waals surface area contributed by atoms with Crippen LogP contribution in [0, 0.1) is 0 Å². The van der Waals surface area contributed by atoms with Crippen LogP contribution in [-0.2, 0) is 9.53 Å². The van der Waals surface area contributed by atoms with Gasteiger partial charge in [0.15, 0.2) is 6.61 Å². The minimum Gasteiger partial charge on any atom is -0.497 e. The lowest BCUT2D eigenvalue weighted by Crippen LogP contribution is -2.44. The van der Waals surface area contributed by atoms with E-state index in [1.54, 1.807) is 19.9 Å². The second kappa shape index (κ2) is 8.62. The van der Waals surface area contributed by atoms with Crippen molar-refractivity contribution in [3.8, 4) is 11.5 Å². The molecule has 0 atom stereocenters. The Hall–Kier alpha value is -2.77. The van der Waals surface area contributed by atoms with Crippen LogP contribution in [0.4, 0.5) is 4.79 Å². The SMILES string of the molecule is COc1cc(OC)cc(C(=O)OCC(=O)NC(=O)NC(C)C)c1. The molecule has 23 heavy (non-hydrogen) atoms. The molecule has 0 bridgehead atoms. The van der Waals surface area contributed by atoms with Gasteiger partial charge in [-0.3, -0.25) is 10.1 Å². The predicted molar refractivity (Wildman–Crippen MR) is 81.6 cm³/mol. The molecule has 0 unspecified atom stereocenters. The lowest BCUT2D eigenvalue weighted by atomic mass is 10.2. The van der Waals surface area contributed by atoms with Crippen LogP contribution in [0.3, 0.4) is 0 Å². The molecule has 126 valence electrons. The van der Waals surface area contributed by atoms with Crippen molar-refractivity contribution in [2.75, 3.05) is 20.8 Å². The summed E-state index contributed by atoms with van der Waals surface area (Å²) in [6.45, 7) is 2.92. The summed E-state index contributed by atoms with van der Waals surface area (Å²) in [5.41, 5.74) is 0.167. The molecule has 8 heteroatoms. The van der Waals surface area contributed by atoms with Crippen LogP contribution in [-0.4, -0.2) is 44.8 Å². The summed E-state index contributed by atoms with van der Waals surface area (Å²) in [6.07, 6.45) is 0. The first-order chi connectivity index (χ1) is 10.8.